The molecule has 0 radical (unpaired) electrons. The molecule has 2 aliphatic carbocycles. The zero-order chi connectivity index (χ0) is 13.8. The summed E-state index contributed by atoms with van der Waals surface area (Å²) in [6, 6.07) is 9.76. The smallest absolute Gasteiger partial charge is 0.0545 e. The fourth-order valence-electron chi connectivity index (χ4n) is 3.91. The maximum atomic E-state index is 5.29. The Kier molecular flexibility index (Phi) is 4.70. The minimum Gasteiger partial charge on any atom is -0.313 e. The molecule has 0 saturated heterocycles. The highest BCUT2D eigenvalue weighted by atomic mass is 32.2. The van der Waals surface area contributed by atoms with Crippen LogP contribution in [0.25, 0.3) is 0 Å². The number of nitrogens with one attached hydrogen (secondary N) is 1. The first kappa shape index (κ1) is 14.0. The van der Waals surface area contributed by atoms with E-state index in [0.717, 1.165) is 29.9 Å². The van der Waals surface area contributed by atoms with Crippen LogP contribution in [0, 0.1) is 24.2 Å². The number of thioether (sulfide) groups is 1. The molecule has 1 saturated carbocycles. The lowest BCUT2D eigenvalue weighted by atomic mass is 9.94. The lowest BCUT2D eigenvalue weighted by molar-refractivity contribution is 0.350. The van der Waals surface area contributed by atoms with Crippen LogP contribution in [0.15, 0.2) is 24.3 Å². The van der Waals surface area contributed by atoms with E-state index in [-0.39, 0.29) is 0 Å². The highest BCUT2D eigenvalue weighted by Crippen LogP contribution is 2.39. The van der Waals surface area contributed by atoms with Crippen LogP contribution >= 0.6 is 11.8 Å². The second-order valence-corrected chi connectivity index (χ2v) is 7.12. The fourth-order valence-corrected chi connectivity index (χ4v) is 4.44. The molecule has 106 valence electrons. The maximum absolute atomic E-state index is 5.29. The van der Waals surface area contributed by atoms with Gasteiger partial charge in [-0.25, -0.2) is 0 Å². The third-order valence-corrected chi connectivity index (χ3v) is 5.68. The SMILES string of the molecule is C#CCSCCNC1C2CCC1Cc1ccccc1C2. The third kappa shape index (κ3) is 3.05. The molecule has 0 aliphatic heterocycles. The first-order valence-corrected chi connectivity index (χ1v) is 8.85. The van der Waals surface area contributed by atoms with E-state index < -0.39 is 0 Å². The number of rotatable bonds is 5. The van der Waals surface area contributed by atoms with Gasteiger partial charge in [0, 0.05) is 18.3 Å². The summed E-state index contributed by atoms with van der Waals surface area (Å²) >= 11 is 1.86. The van der Waals surface area contributed by atoms with Gasteiger partial charge in [0.15, 0.2) is 0 Å². The summed E-state index contributed by atoms with van der Waals surface area (Å²) in [5.74, 6) is 6.33. The van der Waals surface area contributed by atoms with Crippen LogP contribution < -0.4 is 5.32 Å². The molecular weight excluding hydrogens is 262 g/mol. The predicted octanol–water partition coefficient (Wildman–Crippen LogP) is 3.14. The van der Waals surface area contributed by atoms with Crippen molar-refractivity contribution < 1.29 is 0 Å². The van der Waals surface area contributed by atoms with Crippen LogP contribution in [0.4, 0.5) is 0 Å². The number of benzene rings is 1. The molecule has 2 atom stereocenters. The lowest BCUT2D eigenvalue weighted by Crippen LogP contribution is -2.39. The summed E-state index contributed by atoms with van der Waals surface area (Å²) in [7, 11) is 0. The van der Waals surface area contributed by atoms with Gasteiger partial charge in [-0.3, -0.25) is 0 Å². The topological polar surface area (TPSA) is 12.0 Å². The van der Waals surface area contributed by atoms with Gasteiger partial charge < -0.3 is 5.32 Å². The zero-order valence-corrected chi connectivity index (χ0v) is 12.8. The van der Waals surface area contributed by atoms with Gasteiger partial charge in [-0.15, -0.1) is 18.2 Å². The van der Waals surface area contributed by atoms with Crippen molar-refractivity contribution in [1.82, 2.24) is 5.32 Å². The molecule has 2 bridgehead atoms. The molecular formula is C18H23NS. The monoisotopic (exact) mass is 285 g/mol. The van der Waals surface area contributed by atoms with E-state index in [1.54, 1.807) is 11.1 Å². The second-order valence-electron chi connectivity index (χ2n) is 6.01. The highest BCUT2D eigenvalue weighted by molar-refractivity contribution is 7.99. The molecule has 2 unspecified atom stereocenters. The van der Waals surface area contributed by atoms with Gasteiger partial charge in [-0.2, -0.15) is 0 Å². The Morgan fingerprint density at radius 3 is 2.40 bits per heavy atom. The van der Waals surface area contributed by atoms with Crippen molar-refractivity contribution in [3.05, 3.63) is 35.4 Å². The zero-order valence-electron chi connectivity index (χ0n) is 12.0. The predicted molar refractivity (Wildman–Crippen MR) is 88.0 cm³/mol. The third-order valence-electron chi connectivity index (χ3n) is 4.82. The standard InChI is InChI=1S/C18H23NS/c1-2-10-20-11-9-19-18-16-7-8-17(18)13-15-6-4-3-5-14(15)12-16/h1,3-6,16-19H,7-13H2. The van der Waals surface area contributed by atoms with Crippen molar-refractivity contribution in [3.8, 4) is 12.3 Å². The highest BCUT2D eigenvalue weighted by Gasteiger charge is 2.38. The number of hydrogen-bond donors (Lipinski definition) is 1. The van der Waals surface area contributed by atoms with Crippen LogP contribution in [0.3, 0.4) is 0 Å². The van der Waals surface area contributed by atoms with Crippen LogP contribution in [-0.4, -0.2) is 24.1 Å². The maximum Gasteiger partial charge on any atom is 0.0545 e. The normalized spacial score (nSPS) is 27.6. The molecule has 2 aliphatic rings. The molecule has 1 aromatic carbocycles. The minimum atomic E-state index is 0.717. The summed E-state index contributed by atoms with van der Waals surface area (Å²) in [4.78, 5) is 0. The van der Waals surface area contributed by atoms with Crippen LogP contribution in [-0.2, 0) is 12.8 Å². The fraction of sp³-hybridized carbons (Fsp3) is 0.556. The van der Waals surface area contributed by atoms with E-state index in [4.69, 9.17) is 6.42 Å². The summed E-state index contributed by atoms with van der Waals surface area (Å²) < 4.78 is 0. The molecule has 1 aromatic rings. The Hall–Kier alpha value is -0.910. The average molecular weight is 285 g/mol. The van der Waals surface area contributed by atoms with Gasteiger partial charge in [0.2, 0.25) is 0 Å². The van der Waals surface area contributed by atoms with E-state index in [1.165, 1.54) is 25.7 Å². The molecule has 2 heteroatoms. The summed E-state index contributed by atoms with van der Waals surface area (Å²) in [5.41, 5.74) is 3.18. The van der Waals surface area contributed by atoms with Crippen LogP contribution in [0.5, 0.6) is 0 Å². The van der Waals surface area contributed by atoms with Crippen molar-refractivity contribution in [2.24, 2.45) is 11.8 Å². The molecule has 0 heterocycles. The van der Waals surface area contributed by atoms with E-state index >= 15 is 0 Å². The van der Waals surface area contributed by atoms with Gasteiger partial charge in [-0.1, -0.05) is 30.2 Å². The number of fused-ring (bicyclic) bond motifs is 3. The van der Waals surface area contributed by atoms with E-state index in [9.17, 15) is 0 Å². The van der Waals surface area contributed by atoms with E-state index in [2.05, 4.69) is 35.5 Å². The number of terminal acetylenes is 1. The van der Waals surface area contributed by atoms with Gasteiger partial charge in [0.25, 0.3) is 0 Å². The van der Waals surface area contributed by atoms with Crippen molar-refractivity contribution in [2.75, 3.05) is 18.1 Å². The summed E-state index contributed by atoms with van der Waals surface area (Å²) in [6.07, 6.45) is 10.6. The van der Waals surface area contributed by atoms with Crippen molar-refractivity contribution in [3.63, 3.8) is 0 Å². The summed E-state index contributed by atoms with van der Waals surface area (Å²) in [5, 5.41) is 3.83. The first-order chi connectivity index (χ1) is 9.88. The molecule has 3 rings (SSSR count). The van der Waals surface area contributed by atoms with E-state index in [0.29, 0.717) is 6.04 Å². The van der Waals surface area contributed by atoms with Crippen molar-refractivity contribution in [2.45, 2.75) is 31.7 Å². The second kappa shape index (κ2) is 6.70. The first-order valence-electron chi connectivity index (χ1n) is 7.70. The largest absolute Gasteiger partial charge is 0.313 e. The molecule has 0 aromatic heterocycles. The quantitative estimate of drug-likeness (QED) is 0.659. The Labute approximate surface area is 126 Å². The van der Waals surface area contributed by atoms with Gasteiger partial charge in [-0.05, 0) is 48.6 Å². The number of hydrogen-bond acceptors (Lipinski definition) is 2. The Morgan fingerprint density at radius 2 is 1.80 bits per heavy atom. The van der Waals surface area contributed by atoms with Crippen LogP contribution in [0.2, 0.25) is 0 Å². The van der Waals surface area contributed by atoms with Gasteiger partial charge in [0.05, 0.1) is 5.75 Å². The molecule has 1 nitrogen and oxygen atoms in total. The van der Waals surface area contributed by atoms with Crippen LogP contribution in [0.1, 0.15) is 24.0 Å². The average Bonchev–Trinajstić information content (AvgIpc) is 2.74. The Morgan fingerprint density at radius 1 is 1.15 bits per heavy atom. The lowest BCUT2D eigenvalue weighted by Gasteiger charge is -2.23. The Balaban J connectivity index is 1.60. The van der Waals surface area contributed by atoms with E-state index in [1.807, 2.05) is 11.8 Å². The Bertz CT molecular complexity index is 457. The van der Waals surface area contributed by atoms with Gasteiger partial charge >= 0.3 is 0 Å². The molecule has 1 fully saturated rings. The van der Waals surface area contributed by atoms with Gasteiger partial charge in [0.1, 0.15) is 0 Å². The molecule has 20 heavy (non-hydrogen) atoms. The minimum absolute atomic E-state index is 0.717. The van der Waals surface area contributed by atoms with Crippen molar-refractivity contribution in [1.29, 1.82) is 0 Å². The summed E-state index contributed by atoms with van der Waals surface area (Å²) in [6.45, 7) is 1.10. The molecule has 1 N–H and O–H groups in total. The molecule has 0 amide bonds. The van der Waals surface area contributed by atoms with Crippen molar-refractivity contribution >= 4 is 11.8 Å². The molecule has 0 spiro atoms.